The van der Waals surface area contributed by atoms with E-state index in [0.717, 1.165) is 26.2 Å². The normalized spacial score (nSPS) is 11.0. The topological polar surface area (TPSA) is 54.9 Å². The van der Waals surface area contributed by atoms with E-state index in [1.807, 2.05) is 19.9 Å². The maximum absolute atomic E-state index is 12.4. The number of hydrogen-bond donors (Lipinski definition) is 1. The van der Waals surface area contributed by atoms with Gasteiger partial charge in [-0.15, -0.1) is 10.2 Å². The Morgan fingerprint density at radius 2 is 1.86 bits per heavy atom. The van der Waals surface area contributed by atoms with Gasteiger partial charge in [-0.3, -0.25) is 4.79 Å². The molecule has 0 fully saturated rings. The monoisotopic (exact) mass is 335 g/mol. The summed E-state index contributed by atoms with van der Waals surface area (Å²) in [5, 5.41) is 12.2. The molecule has 0 bridgehead atoms. The number of aryl methyl sites for hydroxylation is 3. The van der Waals surface area contributed by atoms with Crippen molar-refractivity contribution in [3.63, 3.8) is 0 Å². The molecule has 0 atom stereocenters. The van der Waals surface area contributed by atoms with Crippen molar-refractivity contribution in [2.45, 2.75) is 45.0 Å². The molecule has 0 aliphatic heterocycles. The summed E-state index contributed by atoms with van der Waals surface area (Å²) in [5.41, 5.74) is 4.21. The molecule has 1 N–H and O–H groups in total. The molecule has 2 rings (SSSR count). The molecular weight excluding hydrogens is 314 g/mol. The van der Waals surface area contributed by atoms with Crippen molar-refractivity contribution < 1.29 is 4.79 Å². The van der Waals surface area contributed by atoms with E-state index < -0.39 is 0 Å². The Morgan fingerprint density at radius 1 is 1.18 bits per heavy atom. The van der Waals surface area contributed by atoms with Crippen molar-refractivity contribution in [3.05, 3.63) is 34.4 Å². The summed E-state index contributed by atoms with van der Waals surface area (Å²) < 4.78 is 0.818. The maximum Gasteiger partial charge on any atom is 0.206 e. The van der Waals surface area contributed by atoms with Crippen LogP contribution in [-0.2, 0) is 0 Å². The number of Topliss-reactive ketones (excluding diaryl/α,β-unsaturated/α-hetero) is 1. The number of anilines is 1. The molecule has 0 spiro atoms. The quantitative estimate of drug-likeness (QED) is 0.631. The van der Waals surface area contributed by atoms with Crippen molar-refractivity contribution in [1.82, 2.24) is 10.2 Å². The van der Waals surface area contributed by atoms with Gasteiger partial charge in [0.1, 0.15) is 0 Å². The summed E-state index contributed by atoms with van der Waals surface area (Å²) in [4.78, 5) is 12.4. The largest absolute Gasteiger partial charge is 0.358 e. The zero-order chi connectivity index (χ0) is 16.3. The number of ketones is 1. The van der Waals surface area contributed by atoms with Crippen LogP contribution in [0.15, 0.2) is 16.5 Å². The molecule has 0 unspecified atom stereocenters. The zero-order valence-electron chi connectivity index (χ0n) is 13.6. The Bertz CT molecular complexity index is 680. The third kappa shape index (κ3) is 4.30. The van der Waals surface area contributed by atoms with Crippen LogP contribution in [0, 0.1) is 20.8 Å². The third-order valence-electron chi connectivity index (χ3n) is 3.29. The molecule has 22 heavy (non-hydrogen) atoms. The number of thioether (sulfide) groups is 1. The predicted octanol–water partition coefficient (Wildman–Crippen LogP) is 4.26. The van der Waals surface area contributed by atoms with Crippen LogP contribution in [0.3, 0.4) is 0 Å². The lowest BCUT2D eigenvalue weighted by atomic mass is 9.99. The van der Waals surface area contributed by atoms with E-state index in [9.17, 15) is 4.79 Å². The first-order chi connectivity index (χ1) is 10.4. The number of nitrogens with one attached hydrogen (secondary N) is 1. The predicted molar refractivity (Wildman–Crippen MR) is 94.4 cm³/mol. The van der Waals surface area contributed by atoms with Gasteiger partial charge in [-0.1, -0.05) is 29.2 Å². The lowest BCUT2D eigenvalue weighted by molar-refractivity contribution is 0.102. The second-order valence-corrected chi connectivity index (χ2v) is 7.84. The minimum Gasteiger partial charge on any atom is -0.358 e. The van der Waals surface area contributed by atoms with Gasteiger partial charge in [0.2, 0.25) is 5.13 Å². The van der Waals surface area contributed by atoms with Crippen LogP contribution < -0.4 is 5.32 Å². The summed E-state index contributed by atoms with van der Waals surface area (Å²) >= 11 is 2.93. The lowest BCUT2D eigenvalue weighted by Crippen LogP contribution is -2.08. The molecule has 1 aromatic heterocycles. The van der Waals surface area contributed by atoms with E-state index >= 15 is 0 Å². The number of nitrogens with zero attached hydrogens (tertiary/aromatic N) is 2. The minimum atomic E-state index is 0.138. The van der Waals surface area contributed by atoms with Gasteiger partial charge in [-0.25, -0.2) is 0 Å². The maximum atomic E-state index is 12.4. The molecule has 0 aliphatic rings. The molecule has 0 saturated heterocycles. The van der Waals surface area contributed by atoms with Crippen molar-refractivity contribution >= 4 is 34.0 Å². The molecule has 0 amide bonds. The third-order valence-corrected chi connectivity index (χ3v) is 5.27. The molecule has 1 heterocycles. The van der Waals surface area contributed by atoms with Crippen LogP contribution >= 0.6 is 23.1 Å². The summed E-state index contributed by atoms with van der Waals surface area (Å²) in [6, 6.07) is 4.38. The first kappa shape index (κ1) is 17.0. The second-order valence-electron chi connectivity index (χ2n) is 5.64. The summed E-state index contributed by atoms with van der Waals surface area (Å²) in [6.45, 7) is 10.2. The van der Waals surface area contributed by atoms with Crippen LogP contribution in [0.2, 0.25) is 0 Å². The number of aromatic nitrogens is 2. The number of carbonyl (C=O) groups excluding carboxylic acids is 1. The number of carbonyl (C=O) groups is 1. The fourth-order valence-corrected chi connectivity index (χ4v) is 3.82. The van der Waals surface area contributed by atoms with E-state index in [0.29, 0.717) is 11.8 Å². The van der Waals surface area contributed by atoms with E-state index in [2.05, 4.69) is 42.4 Å². The molecule has 4 nitrogen and oxygen atoms in total. The molecule has 6 heteroatoms. The van der Waals surface area contributed by atoms with Crippen LogP contribution in [-0.4, -0.2) is 27.8 Å². The van der Waals surface area contributed by atoms with E-state index in [1.165, 1.54) is 28.7 Å². The smallest absolute Gasteiger partial charge is 0.206 e. The van der Waals surface area contributed by atoms with Gasteiger partial charge >= 0.3 is 0 Å². The van der Waals surface area contributed by atoms with E-state index in [-0.39, 0.29) is 5.78 Å². The van der Waals surface area contributed by atoms with E-state index in [1.54, 1.807) is 0 Å². The fourth-order valence-electron chi connectivity index (χ4n) is 2.04. The average Bonchev–Trinajstić information content (AvgIpc) is 2.87. The van der Waals surface area contributed by atoms with Gasteiger partial charge in [0.05, 0.1) is 5.75 Å². The Kier molecular flexibility index (Phi) is 5.58. The second kappa shape index (κ2) is 7.24. The summed E-state index contributed by atoms with van der Waals surface area (Å²) in [5.74, 6) is 0.527. The van der Waals surface area contributed by atoms with Crippen LogP contribution in [0.4, 0.5) is 5.13 Å². The van der Waals surface area contributed by atoms with Crippen LogP contribution in [0.25, 0.3) is 0 Å². The van der Waals surface area contributed by atoms with Crippen LogP contribution in [0.5, 0.6) is 0 Å². The summed E-state index contributed by atoms with van der Waals surface area (Å²) in [6.07, 6.45) is 0. The standard InChI is InChI=1S/C16H21N3OS2/c1-9(2)17-15-18-19-16(22-15)21-8-14(20)13-7-11(4)10(3)6-12(13)5/h6-7,9H,8H2,1-5H3,(H,17,18). The highest BCUT2D eigenvalue weighted by atomic mass is 32.2. The molecule has 2 aromatic rings. The van der Waals surface area contributed by atoms with Gasteiger partial charge in [0, 0.05) is 11.6 Å². The number of hydrogen-bond acceptors (Lipinski definition) is 6. The van der Waals surface area contributed by atoms with Crippen molar-refractivity contribution in [2.24, 2.45) is 0 Å². The highest BCUT2D eigenvalue weighted by Gasteiger charge is 2.13. The van der Waals surface area contributed by atoms with Crippen molar-refractivity contribution in [2.75, 3.05) is 11.1 Å². The van der Waals surface area contributed by atoms with Crippen molar-refractivity contribution in [3.8, 4) is 0 Å². The molecular formula is C16H21N3OS2. The molecule has 1 aromatic carbocycles. The van der Waals surface area contributed by atoms with E-state index in [4.69, 9.17) is 0 Å². The molecule has 118 valence electrons. The van der Waals surface area contributed by atoms with Gasteiger partial charge in [0.25, 0.3) is 0 Å². The fraction of sp³-hybridized carbons (Fsp3) is 0.438. The highest BCUT2D eigenvalue weighted by molar-refractivity contribution is 8.01. The summed E-state index contributed by atoms with van der Waals surface area (Å²) in [7, 11) is 0. The Hall–Kier alpha value is -1.40. The lowest BCUT2D eigenvalue weighted by Gasteiger charge is -2.08. The Morgan fingerprint density at radius 3 is 2.55 bits per heavy atom. The number of benzene rings is 1. The molecule has 0 radical (unpaired) electrons. The van der Waals surface area contributed by atoms with Gasteiger partial charge in [-0.2, -0.15) is 0 Å². The molecule has 0 aliphatic carbocycles. The highest BCUT2D eigenvalue weighted by Crippen LogP contribution is 2.27. The molecule has 0 saturated carbocycles. The zero-order valence-corrected chi connectivity index (χ0v) is 15.2. The van der Waals surface area contributed by atoms with Crippen molar-refractivity contribution in [1.29, 1.82) is 0 Å². The first-order valence-corrected chi connectivity index (χ1v) is 9.01. The van der Waals surface area contributed by atoms with Gasteiger partial charge < -0.3 is 5.32 Å². The Labute approximate surface area is 139 Å². The first-order valence-electron chi connectivity index (χ1n) is 7.20. The minimum absolute atomic E-state index is 0.138. The Balaban J connectivity index is 2.01. The van der Waals surface area contributed by atoms with Gasteiger partial charge in [-0.05, 0) is 57.4 Å². The average molecular weight is 335 g/mol. The number of rotatable bonds is 6. The van der Waals surface area contributed by atoms with Crippen LogP contribution in [0.1, 0.15) is 40.9 Å². The SMILES string of the molecule is Cc1cc(C)c(C(=O)CSc2nnc(NC(C)C)s2)cc1C. The van der Waals surface area contributed by atoms with Gasteiger partial charge in [0.15, 0.2) is 10.1 Å².